The molecule has 2 unspecified atom stereocenters. The van der Waals surface area contributed by atoms with Crippen LogP contribution in [0.5, 0.6) is 0 Å². The Morgan fingerprint density at radius 3 is 2.24 bits per heavy atom. The molecule has 0 aromatic carbocycles. The molecule has 7 heteroatoms. The number of hydrogen-bond donors (Lipinski definition) is 3. The molecule has 0 aliphatic rings. The number of carbonyl (C=O) groups excluding carboxylic acids is 2. The van der Waals surface area contributed by atoms with Crippen molar-refractivity contribution in [2.75, 3.05) is 6.54 Å². The van der Waals surface area contributed by atoms with Crippen LogP contribution in [0.1, 0.15) is 26.7 Å². The van der Waals surface area contributed by atoms with Gasteiger partial charge in [0.05, 0.1) is 12.5 Å². The number of amides is 2. The average Bonchev–Trinajstić information content (AvgIpc) is 2.22. The minimum Gasteiger partial charge on any atom is -0.480 e. The molecule has 5 N–H and O–H groups in total. The maximum Gasteiger partial charge on any atom is 0.323 e. The van der Waals surface area contributed by atoms with Gasteiger partial charge < -0.3 is 21.5 Å². The van der Waals surface area contributed by atoms with Crippen LogP contribution in [0.2, 0.25) is 0 Å². The predicted molar refractivity (Wildman–Crippen MR) is 60.9 cm³/mol. The van der Waals surface area contributed by atoms with Gasteiger partial charge in [0.2, 0.25) is 11.8 Å². The van der Waals surface area contributed by atoms with Crippen molar-refractivity contribution < 1.29 is 19.5 Å². The van der Waals surface area contributed by atoms with E-state index < -0.39 is 30.4 Å². The monoisotopic (exact) mass is 245 g/mol. The van der Waals surface area contributed by atoms with Crippen LogP contribution in [0.4, 0.5) is 0 Å². The summed E-state index contributed by atoms with van der Waals surface area (Å²) in [7, 11) is 0. The molecule has 0 saturated carbocycles. The molecule has 98 valence electrons. The highest BCUT2D eigenvalue weighted by Crippen LogP contribution is 2.06. The molecule has 7 nitrogen and oxygen atoms in total. The third kappa shape index (κ3) is 5.30. The Morgan fingerprint density at radius 2 is 1.88 bits per heavy atom. The van der Waals surface area contributed by atoms with E-state index in [4.69, 9.17) is 16.6 Å². The number of primary amides is 1. The molecule has 0 aromatic rings. The summed E-state index contributed by atoms with van der Waals surface area (Å²) in [6.45, 7) is 3.12. The van der Waals surface area contributed by atoms with E-state index in [1.807, 2.05) is 6.92 Å². The van der Waals surface area contributed by atoms with Crippen molar-refractivity contribution in [1.82, 2.24) is 4.90 Å². The van der Waals surface area contributed by atoms with Crippen molar-refractivity contribution >= 4 is 17.8 Å². The molecule has 0 fully saturated rings. The average molecular weight is 245 g/mol. The van der Waals surface area contributed by atoms with E-state index in [1.54, 1.807) is 6.92 Å². The van der Waals surface area contributed by atoms with E-state index in [0.29, 0.717) is 6.42 Å². The molecule has 2 amide bonds. The van der Waals surface area contributed by atoms with Gasteiger partial charge in [-0.1, -0.05) is 6.92 Å². The SMILES string of the molecule is CCC(C)N(CC(=O)O)C(=O)C(N)CC(N)=O. The summed E-state index contributed by atoms with van der Waals surface area (Å²) in [6, 6.07) is -1.33. The summed E-state index contributed by atoms with van der Waals surface area (Å²) in [4.78, 5) is 34.3. The van der Waals surface area contributed by atoms with Crippen molar-refractivity contribution in [2.45, 2.75) is 38.8 Å². The third-order valence-electron chi connectivity index (χ3n) is 2.45. The van der Waals surface area contributed by atoms with Gasteiger partial charge in [-0.15, -0.1) is 0 Å². The Labute approximate surface area is 99.7 Å². The number of nitrogens with two attached hydrogens (primary N) is 2. The first-order valence-corrected chi connectivity index (χ1v) is 5.35. The van der Waals surface area contributed by atoms with Gasteiger partial charge in [-0.3, -0.25) is 14.4 Å². The zero-order valence-electron chi connectivity index (χ0n) is 10.0. The van der Waals surface area contributed by atoms with Crippen LogP contribution in [0.15, 0.2) is 0 Å². The summed E-state index contributed by atoms with van der Waals surface area (Å²) in [5.41, 5.74) is 10.4. The van der Waals surface area contributed by atoms with E-state index in [2.05, 4.69) is 0 Å². The maximum absolute atomic E-state index is 11.8. The normalized spacial score (nSPS) is 13.8. The Balaban J connectivity index is 4.73. The quantitative estimate of drug-likeness (QED) is 0.524. The van der Waals surface area contributed by atoms with Crippen molar-refractivity contribution in [3.63, 3.8) is 0 Å². The lowest BCUT2D eigenvalue weighted by atomic mass is 10.1. The highest BCUT2D eigenvalue weighted by molar-refractivity contribution is 5.89. The number of carboxylic acid groups (broad SMARTS) is 1. The van der Waals surface area contributed by atoms with E-state index in [1.165, 1.54) is 0 Å². The van der Waals surface area contributed by atoms with E-state index >= 15 is 0 Å². The van der Waals surface area contributed by atoms with Crippen LogP contribution >= 0.6 is 0 Å². The van der Waals surface area contributed by atoms with Crippen LogP contribution in [0, 0.1) is 0 Å². The molecule has 17 heavy (non-hydrogen) atoms. The summed E-state index contributed by atoms with van der Waals surface area (Å²) in [6.07, 6.45) is 0.313. The van der Waals surface area contributed by atoms with E-state index in [-0.39, 0.29) is 12.5 Å². The van der Waals surface area contributed by atoms with Crippen LogP contribution in [0.25, 0.3) is 0 Å². The molecular formula is C10H19N3O4. The minimum absolute atomic E-state index is 0.252. The second-order valence-corrected chi connectivity index (χ2v) is 3.89. The number of carbonyl (C=O) groups is 3. The second-order valence-electron chi connectivity index (χ2n) is 3.89. The van der Waals surface area contributed by atoms with Crippen molar-refractivity contribution in [2.24, 2.45) is 11.5 Å². The molecule has 0 bridgehead atoms. The Morgan fingerprint density at radius 1 is 1.35 bits per heavy atom. The minimum atomic E-state index is -1.12. The van der Waals surface area contributed by atoms with Crippen LogP contribution in [0.3, 0.4) is 0 Å². The molecule has 0 aliphatic carbocycles. The number of carboxylic acids is 1. The lowest BCUT2D eigenvalue weighted by Gasteiger charge is -2.29. The van der Waals surface area contributed by atoms with Crippen molar-refractivity contribution in [3.05, 3.63) is 0 Å². The molecule has 0 saturated heterocycles. The molecule has 0 radical (unpaired) electrons. The Bertz CT molecular complexity index is 306. The fraction of sp³-hybridized carbons (Fsp3) is 0.700. The van der Waals surface area contributed by atoms with Crippen LogP contribution < -0.4 is 11.5 Å². The van der Waals surface area contributed by atoms with Crippen LogP contribution in [-0.4, -0.2) is 46.4 Å². The molecule has 0 rings (SSSR count). The highest BCUT2D eigenvalue weighted by atomic mass is 16.4. The lowest BCUT2D eigenvalue weighted by molar-refractivity contribution is -0.147. The third-order valence-corrected chi connectivity index (χ3v) is 2.45. The highest BCUT2D eigenvalue weighted by Gasteiger charge is 2.27. The summed E-state index contributed by atoms with van der Waals surface area (Å²) in [5.74, 6) is -2.38. The Hall–Kier alpha value is -1.63. The summed E-state index contributed by atoms with van der Waals surface area (Å²) in [5, 5.41) is 8.71. The first kappa shape index (κ1) is 15.4. The number of nitrogens with zero attached hydrogens (tertiary/aromatic N) is 1. The summed E-state index contributed by atoms with van der Waals surface area (Å²) >= 11 is 0. The van der Waals surface area contributed by atoms with Crippen molar-refractivity contribution in [3.8, 4) is 0 Å². The van der Waals surface area contributed by atoms with Gasteiger partial charge in [-0.05, 0) is 13.3 Å². The van der Waals surface area contributed by atoms with Gasteiger partial charge in [0.1, 0.15) is 6.54 Å². The maximum atomic E-state index is 11.8. The molecular weight excluding hydrogens is 226 g/mol. The zero-order valence-corrected chi connectivity index (χ0v) is 10.0. The van der Waals surface area contributed by atoms with Crippen LogP contribution in [-0.2, 0) is 14.4 Å². The Kier molecular flexibility index (Phi) is 6.19. The lowest BCUT2D eigenvalue weighted by Crippen LogP contribution is -2.50. The molecule has 0 aromatic heterocycles. The zero-order chi connectivity index (χ0) is 13.6. The van der Waals surface area contributed by atoms with Gasteiger partial charge >= 0.3 is 5.97 Å². The number of aliphatic carboxylic acids is 1. The first-order chi connectivity index (χ1) is 7.79. The summed E-state index contributed by atoms with van der Waals surface area (Å²) < 4.78 is 0. The fourth-order valence-electron chi connectivity index (χ4n) is 1.33. The topological polar surface area (TPSA) is 127 Å². The predicted octanol–water partition coefficient (Wildman–Crippen LogP) is -1.10. The smallest absolute Gasteiger partial charge is 0.323 e. The van der Waals surface area contributed by atoms with Crippen molar-refractivity contribution in [1.29, 1.82) is 0 Å². The number of hydrogen-bond acceptors (Lipinski definition) is 4. The van der Waals surface area contributed by atoms with E-state index in [0.717, 1.165) is 4.90 Å². The molecule has 2 atom stereocenters. The van der Waals surface area contributed by atoms with Gasteiger partial charge in [0, 0.05) is 6.04 Å². The molecule has 0 spiro atoms. The van der Waals surface area contributed by atoms with Gasteiger partial charge in [-0.2, -0.15) is 0 Å². The second kappa shape index (κ2) is 6.85. The van der Waals surface area contributed by atoms with Gasteiger partial charge in [0.25, 0.3) is 0 Å². The van der Waals surface area contributed by atoms with Gasteiger partial charge in [0.15, 0.2) is 0 Å². The molecule has 0 aliphatic heterocycles. The molecule has 0 heterocycles. The standard InChI is InChI=1S/C10H19N3O4/c1-3-6(2)13(5-9(15)16)10(17)7(11)4-8(12)14/h6-7H,3-5,11H2,1-2H3,(H2,12,14)(H,15,16). The van der Waals surface area contributed by atoms with Gasteiger partial charge in [-0.25, -0.2) is 0 Å². The first-order valence-electron chi connectivity index (χ1n) is 5.35. The van der Waals surface area contributed by atoms with E-state index in [9.17, 15) is 14.4 Å². The number of rotatable bonds is 7. The fourth-order valence-corrected chi connectivity index (χ4v) is 1.33. The largest absolute Gasteiger partial charge is 0.480 e.